The summed E-state index contributed by atoms with van der Waals surface area (Å²) in [6.45, 7) is 6.22. The molecule has 4 rings (SSSR count). The largest absolute Gasteiger partial charge is 0.478 e. The number of ether oxygens (including phenoxy) is 1. The number of fused-ring (bicyclic) bond motifs is 1. The standard InChI is InChI=1S/C34H35ClN2O4/c1-6-8-9-23-10-13-25(14-11-23)21(3)36-33(38)26-15-16-27-28(22(4)37(5)30(27)20-26)18-24-12-17-29(35)32(19-24)41-31(7-2)34(39)40/h2,10-17,19-21,31H,6,8-9,18H2,1,3-5H3,(H,36,38)(H,39,40)/t21-,31+/m0/s1. The number of unbranched alkanes of at least 4 members (excludes halogenated alkanes) is 1. The summed E-state index contributed by atoms with van der Waals surface area (Å²) >= 11 is 6.25. The molecule has 6 nitrogen and oxygen atoms in total. The Morgan fingerprint density at radius 1 is 1.10 bits per heavy atom. The summed E-state index contributed by atoms with van der Waals surface area (Å²) in [6.07, 6.45) is 7.83. The normalized spacial score (nSPS) is 12.5. The number of hydrogen-bond acceptors (Lipinski definition) is 3. The van der Waals surface area contributed by atoms with Crippen LogP contribution in [0.5, 0.6) is 5.75 Å². The molecule has 2 N–H and O–H groups in total. The quantitative estimate of drug-likeness (QED) is 0.190. The number of nitrogens with zero attached hydrogens (tertiary/aromatic N) is 1. The van der Waals surface area contributed by atoms with E-state index in [0.717, 1.165) is 39.7 Å². The van der Waals surface area contributed by atoms with E-state index < -0.39 is 12.1 Å². The molecule has 4 aromatic rings. The number of aromatic nitrogens is 1. The van der Waals surface area contributed by atoms with Gasteiger partial charge in [-0.05, 0) is 79.6 Å². The number of carbonyl (C=O) groups is 2. The van der Waals surface area contributed by atoms with Crippen molar-refractivity contribution in [2.75, 3.05) is 0 Å². The van der Waals surface area contributed by atoms with Gasteiger partial charge in [0.05, 0.1) is 11.1 Å². The number of carboxylic acids is 1. The van der Waals surface area contributed by atoms with E-state index in [4.69, 9.17) is 22.8 Å². The highest BCUT2D eigenvalue weighted by molar-refractivity contribution is 6.32. The van der Waals surface area contributed by atoms with Gasteiger partial charge >= 0.3 is 5.97 Å². The molecule has 0 aliphatic heterocycles. The van der Waals surface area contributed by atoms with Gasteiger partial charge in [0.1, 0.15) is 5.75 Å². The molecule has 0 spiro atoms. The Morgan fingerprint density at radius 3 is 2.46 bits per heavy atom. The zero-order valence-electron chi connectivity index (χ0n) is 23.8. The van der Waals surface area contributed by atoms with Gasteiger partial charge in [-0.25, -0.2) is 4.79 Å². The van der Waals surface area contributed by atoms with Crippen molar-refractivity contribution in [1.82, 2.24) is 9.88 Å². The Morgan fingerprint density at radius 2 is 1.80 bits per heavy atom. The van der Waals surface area contributed by atoms with Crippen LogP contribution in [-0.2, 0) is 24.7 Å². The first-order chi connectivity index (χ1) is 19.6. The van der Waals surface area contributed by atoms with Crippen LogP contribution >= 0.6 is 11.6 Å². The lowest BCUT2D eigenvalue weighted by atomic mass is 10.0. The number of aliphatic carboxylic acids is 1. The van der Waals surface area contributed by atoms with Crippen molar-refractivity contribution in [3.8, 4) is 18.1 Å². The monoisotopic (exact) mass is 570 g/mol. The molecule has 0 saturated carbocycles. The molecule has 0 bridgehead atoms. The van der Waals surface area contributed by atoms with Crippen LogP contribution < -0.4 is 10.1 Å². The summed E-state index contributed by atoms with van der Waals surface area (Å²) in [5.74, 6) is 0.944. The number of hydrogen-bond donors (Lipinski definition) is 2. The van der Waals surface area contributed by atoms with Gasteiger partial charge in [-0.1, -0.05) is 67.3 Å². The Balaban J connectivity index is 1.54. The van der Waals surface area contributed by atoms with Crippen molar-refractivity contribution in [3.63, 3.8) is 0 Å². The van der Waals surface area contributed by atoms with E-state index in [1.807, 2.05) is 45.2 Å². The minimum absolute atomic E-state index is 0.124. The highest BCUT2D eigenvalue weighted by Crippen LogP contribution is 2.32. The van der Waals surface area contributed by atoms with Crippen molar-refractivity contribution in [2.24, 2.45) is 7.05 Å². The number of nitrogens with one attached hydrogen (secondary N) is 1. The molecule has 0 aliphatic carbocycles. The van der Waals surface area contributed by atoms with Gasteiger partial charge in [0.2, 0.25) is 0 Å². The minimum atomic E-state index is -1.43. The molecule has 0 unspecified atom stereocenters. The topological polar surface area (TPSA) is 80.6 Å². The molecule has 0 radical (unpaired) electrons. The Hall–Kier alpha value is -4.21. The number of aryl methyl sites for hydroxylation is 2. The lowest BCUT2D eigenvalue weighted by molar-refractivity contribution is -0.142. The van der Waals surface area contributed by atoms with Crippen LogP contribution in [0.4, 0.5) is 0 Å². The fraction of sp³-hybridized carbons (Fsp3) is 0.294. The molecule has 0 saturated heterocycles. The van der Waals surface area contributed by atoms with E-state index in [9.17, 15) is 14.7 Å². The number of terminal acetylenes is 1. The van der Waals surface area contributed by atoms with E-state index in [1.54, 1.807) is 12.1 Å². The van der Waals surface area contributed by atoms with E-state index in [2.05, 4.69) is 47.0 Å². The molecule has 0 fully saturated rings. The van der Waals surface area contributed by atoms with Crippen molar-refractivity contribution in [1.29, 1.82) is 0 Å². The van der Waals surface area contributed by atoms with E-state index in [1.165, 1.54) is 18.4 Å². The van der Waals surface area contributed by atoms with Gasteiger partial charge < -0.3 is 19.7 Å². The predicted molar refractivity (Wildman–Crippen MR) is 164 cm³/mol. The summed E-state index contributed by atoms with van der Waals surface area (Å²) in [5, 5.41) is 13.7. The SMILES string of the molecule is C#C[C@@H](Oc1cc(Cc2c(C)n(C)c3cc(C(=O)N[C@@H](C)c4ccc(CCCC)cc4)ccc23)ccc1Cl)C(=O)O. The molecule has 0 aliphatic rings. The molecular weight excluding hydrogens is 536 g/mol. The van der Waals surface area contributed by atoms with Gasteiger partial charge in [-0.15, -0.1) is 6.42 Å². The highest BCUT2D eigenvalue weighted by Gasteiger charge is 2.20. The summed E-state index contributed by atoms with van der Waals surface area (Å²) in [7, 11) is 1.98. The molecule has 7 heteroatoms. The Kier molecular flexibility index (Phi) is 9.42. The summed E-state index contributed by atoms with van der Waals surface area (Å²) in [6, 6.07) is 19.3. The molecule has 1 amide bonds. The fourth-order valence-electron chi connectivity index (χ4n) is 4.96. The second-order valence-electron chi connectivity index (χ2n) is 10.3. The van der Waals surface area contributed by atoms with Crippen LogP contribution in [0.15, 0.2) is 60.7 Å². The van der Waals surface area contributed by atoms with Crippen LogP contribution in [0, 0.1) is 19.3 Å². The van der Waals surface area contributed by atoms with E-state index >= 15 is 0 Å². The Bertz CT molecular complexity index is 1610. The second-order valence-corrected chi connectivity index (χ2v) is 10.7. The van der Waals surface area contributed by atoms with Gasteiger partial charge in [-0.3, -0.25) is 4.79 Å². The maximum atomic E-state index is 13.2. The molecule has 1 aromatic heterocycles. The minimum Gasteiger partial charge on any atom is -0.478 e. The van der Waals surface area contributed by atoms with Crippen molar-refractivity contribution >= 4 is 34.4 Å². The Labute approximate surface area is 246 Å². The van der Waals surface area contributed by atoms with Crippen LogP contribution in [-0.4, -0.2) is 27.7 Å². The average molecular weight is 571 g/mol. The third kappa shape index (κ3) is 6.75. The van der Waals surface area contributed by atoms with Crippen molar-refractivity contribution < 1.29 is 19.4 Å². The number of carboxylic acid groups (broad SMARTS) is 1. The van der Waals surface area contributed by atoms with Crippen LogP contribution in [0.3, 0.4) is 0 Å². The van der Waals surface area contributed by atoms with Crippen LogP contribution in [0.2, 0.25) is 5.02 Å². The molecule has 2 atom stereocenters. The van der Waals surface area contributed by atoms with Gasteiger partial charge in [0, 0.05) is 29.2 Å². The first-order valence-electron chi connectivity index (χ1n) is 13.7. The number of benzene rings is 3. The van der Waals surface area contributed by atoms with Gasteiger partial charge in [0.15, 0.2) is 0 Å². The number of carbonyl (C=O) groups excluding carboxylic acids is 1. The second kappa shape index (κ2) is 13.0. The highest BCUT2D eigenvalue weighted by atomic mass is 35.5. The third-order valence-electron chi connectivity index (χ3n) is 7.53. The first kappa shape index (κ1) is 29.8. The van der Waals surface area contributed by atoms with Crippen LogP contribution in [0.25, 0.3) is 10.9 Å². The smallest absolute Gasteiger partial charge is 0.357 e. The molecule has 41 heavy (non-hydrogen) atoms. The summed E-state index contributed by atoms with van der Waals surface area (Å²) < 4.78 is 7.54. The lowest BCUT2D eigenvalue weighted by Gasteiger charge is -2.15. The maximum absolute atomic E-state index is 13.2. The molecule has 3 aromatic carbocycles. The predicted octanol–water partition coefficient (Wildman–Crippen LogP) is 7.03. The van der Waals surface area contributed by atoms with E-state index in [0.29, 0.717) is 12.0 Å². The lowest BCUT2D eigenvalue weighted by Crippen LogP contribution is -2.26. The molecule has 1 heterocycles. The van der Waals surface area contributed by atoms with Gasteiger partial charge in [0.25, 0.3) is 12.0 Å². The fourth-order valence-corrected chi connectivity index (χ4v) is 5.12. The summed E-state index contributed by atoms with van der Waals surface area (Å²) in [5.41, 5.74) is 6.95. The number of amides is 1. The van der Waals surface area contributed by atoms with Crippen molar-refractivity contribution in [2.45, 2.75) is 58.6 Å². The zero-order valence-corrected chi connectivity index (χ0v) is 24.6. The van der Waals surface area contributed by atoms with Crippen LogP contribution in [0.1, 0.15) is 71.0 Å². The first-order valence-corrected chi connectivity index (χ1v) is 14.1. The summed E-state index contributed by atoms with van der Waals surface area (Å²) in [4.78, 5) is 24.5. The molecular formula is C34H35ClN2O4. The number of rotatable bonds is 11. The molecule has 212 valence electrons. The third-order valence-corrected chi connectivity index (χ3v) is 7.84. The van der Waals surface area contributed by atoms with E-state index in [-0.39, 0.29) is 22.7 Å². The number of halogens is 1. The zero-order chi connectivity index (χ0) is 29.7. The average Bonchev–Trinajstić information content (AvgIpc) is 3.20. The maximum Gasteiger partial charge on any atom is 0.357 e. The van der Waals surface area contributed by atoms with Gasteiger partial charge in [-0.2, -0.15) is 0 Å². The van der Waals surface area contributed by atoms with Crippen molar-refractivity contribution in [3.05, 3.63) is 99.2 Å².